The van der Waals surface area contributed by atoms with Gasteiger partial charge in [0, 0.05) is 13.1 Å². The highest BCUT2D eigenvalue weighted by Crippen LogP contribution is 2.17. The second-order valence-corrected chi connectivity index (χ2v) is 4.06. The molecule has 0 spiro atoms. The summed E-state index contributed by atoms with van der Waals surface area (Å²) in [5.41, 5.74) is 0. The van der Waals surface area contributed by atoms with Crippen LogP contribution < -0.4 is 0 Å². The maximum absolute atomic E-state index is 11.5. The monoisotopic (exact) mass is 215 g/mol. The van der Waals surface area contributed by atoms with E-state index in [1.807, 2.05) is 0 Å². The van der Waals surface area contributed by atoms with Crippen LogP contribution in [0.25, 0.3) is 0 Å². The summed E-state index contributed by atoms with van der Waals surface area (Å²) in [7, 11) is 0. The van der Waals surface area contributed by atoms with E-state index < -0.39 is 18.0 Å². The number of hydrogen-bond acceptors (Lipinski definition) is 3. The standard InChI is InChI=1S/C10H17NO4/c1-7(2)15-10(14)11-5-3-4-8(6-11)9(12)13/h7-8H,3-6H2,1-2H3,(H,12,13)/t8-/m1/s1. The Bertz CT molecular complexity index is 252. The van der Waals surface area contributed by atoms with Gasteiger partial charge in [0.1, 0.15) is 0 Å². The van der Waals surface area contributed by atoms with E-state index in [0.717, 1.165) is 6.42 Å². The number of rotatable bonds is 2. The van der Waals surface area contributed by atoms with Crippen molar-refractivity contribution in [1.29, 1.82) is 0 Å². The first kappa shape index (κ1) is 11.8. The second kappa shape index (κ2) is 5.00. The van der Waals surface area contributed by atoms with Crippen LogP contribution in [0.2, 0.25) is 0 Å². The van der Waals surface area contributed by atoms with Gasteiger partial charge in [-0.05, 0) is 26.7 Å². The van der Waals surface area contributed by atoms with Gasteiger partial charge in [0.2, 0.25) is 0 Å². The third kappa shape index (κ3) is 3.42. The van der Waals surface area contributed by atoms with Gasteiger partial charge in [-0.15, -0.1) is 0 Å². The van der Waals surface area contributed by atoms with E-state index >= 15 is 0 Å². The molecule has 15 heavy (non-hydrogen) atoms. The minimum atomic E-state index is -0.836. The molecular weight excluding hydrogens is 198 g/mol. The van der Waals surface area contributed by atoms with Crippen molar-refractivity contribution < 1.29 is 19.4 Å². The Hall–Kier alpha value is -1.26. The molecule has 1 fully saturated rings. The molecule has 1 amide bonds. The number of carbonyl (C=O) groups is 2. The van der Waals surface area contributed by atoms with Crippen LogP contribution in [0.15, 0.2) is 0 Å². The van der Waals surface area contributed by atoms with E-state index in [0.29, 0.717) is 13.0 Å². The zero-order valence-electron chi connectivity index (χ0n) is 9.10. The number of aliphatic carboxylic acids is 1. The zero-order valence-corrected chi connectivity index (χ0v) is 9.10. The van der Waals surface area contributed by atoms with Gasteiger partial charge in [-0.25, -0.2) is 4.79 Å². The van der Waals surface area contributed by atoms with Crippen LogP contribution in [0.4, 0.5) is 4.79 Å². The lowest BCUT2D eigenvalue weighted by Gasteiger charge is -2.30. The molecule has 0 unspecified atom stereocenters. The molecule has 1 aliphatic rings. The highest BCUT2D eigenvalue weighted by molar-refractivity contribution is 5.73. The van der Waals surface area contributed by atoms with E-state index in [2.05, 4.69) is 0 Å². The van der Waals surface area contributed by atoms with Crippen molar-refractivity contribution in [2.24, 2.45) is 5.92 Å². The quantitative estimate of drug-likeness (QED) is 0.754. The Labute approximate surface area is 89.0 Å². The number of ether oxygens (including phenoxy) is 1. The lowest BCUT2D eigenvalue weighted by molar-refractivity contribution is -0.143. The maximum Gasteiger partial charge on any atom is 0.410 e. The fourth-order valence-electron chi connectivity index (χ4n) is 1.62. The number of amides is 1. The van der Waals surface area contributed by atoms with Gasteiger partial charge < -0.3 is 14.7 Å². The fourth-order valence-corrected chi connectivity index (χ4v) is 1.62. The highest BCUT2D eigenvalue weighted by Gasteiger charge is 2.29. The van der Waals surface area contributed by atoms with Gasteiger partial charge in [0.05, 0.1) is 12.0 Å². The molecule has 0 aromatic heterocycles. The van der Waals surface area contributed by atoms with Crippen LogP contribution in [0.1, 0.15) is 26.7 Å². The molecule has 0 saturated carbocycles. The summed E-state index contributed by atoms with van der Waals surface area (Å²) in [5, 5.41) is 8.84. The predicted octanol–water partition coefficient (Wildman–Crippen LogP) is 1.33. The molecule has 0 aromatic carbocycles. The van der Waals surface area contributed by atoms with E-state index in [1.165, 1.54) is 4.90 Å². The number of likely N-dealkylation sites (tertiary alicyclic amines) is 1. The Morgan fingerprint density at radius 1 is 1.47 bits per heavy atom. The van der Waals surface area contributed by atoms with Crippen LogP contribution >= 0.6 is 0 Å². The van der Waals surface area contributed by atoms with Crippen LogP contribution in [0.3, 0.4) is 0 Å². The Balaban J connectivity index is 2.48. The van der Waals surface area contributed by atoms with Crippen LogP contribution in [-0.4, -0.2) is 41.3 Å². The average molecular weight is 215 g/mol. The van der Waals surface area contributed by atoms with Gasteiger partial charge in [-0.1, -0.05) is 0 Å². The lowest BCUT2D eigenvalue weighted by Crippen LogP contribution is -2.43. The van der Waals surface area contributed by atoms with E-state index in [9.17, 15) is 9.59 Å². The van der Waals surface area contributed by atoms with Crippen molar-refractivity contribution in [2.45, 2.75) is 32.8 Å². The normalized spacial score (nSPS) is 21.5. The Kier molecular flexibility index (Phi) is 3.94. The summed E-state index contributed by atoms with van der Waals surface area (Å²) in [4.78, 5) is 23.7. The molecule has 1 rings (SSSR count). The fraction of sp³-hybridized carbons (Fsp3) is 0.800. The first-order chi connectivity index (χ1) is 7.00. The molecule has 1 atom stereocenters. The van der Waals surface area contributed by atoms with Crippen molar-refractivity contribution in [3.63, 3.8) is 0 Å². The molecule has 5 nitrogen and oxygen atoms in total. The van der Waals surface area contributed by atoms with Gasteiger partial charge in [0.15, 0.2) is 0 Å². The Morgan fingerprint density at radius 3 is 2.67 bits per heavy atom. The van der Waals surface area contributed by atoms with Crippen molar-refractivity contribution >= 4 is 12.1 Å². The lowest BCUT2D eigenvalue weighted by atomic mass is 9.99. The summed E-state index contributed by atoms with van der Waals surface area (Å²) >= 11 is 0. The third-order valence-corrected chi connectivity index (χ3v) is 2.37. The number of carbonyl (C=O) groups excluding carboxylic acids is 1. The van der Waals surface area contributed by atoms with Crippen LogP contribution in [-0.2, 0) is 9.53 Å². The largest absolute Gasteiger partial charge is 0.481 e. The molecule has 5 heteroatoms. The Morgan fingerprint density at radius 2 is 2.13 bits per heavy atom. The minimum Gasteiger partial charge on any atom is -0.481 e. The van der Waals surface area contributed by atoms with E-state index in [-0.39, 0.29) is 12.6 Å². The molecule has 1 aliphatic heterocycles. The first-order valence-corrected chi connectivity index (χ1v) is 5.19. The molecule has 1 N–H and O–H groups in total. The second-order valence-electron chi connectivity index (χ2n) is 4.06. The molecule has 0 radical (unpaired) electrons. The summed E-state index contributed by atoms with van der Waals surface area (Å²) in [6.07, 6.45) is 0.795. The molecule has 1 saturated heterocycles. The molecule has 0 bridgehead atoms. The molecule has 86 valence electrons. The summed E-state index contributed by atoms with van der Waals surface area (Å²) in [5.74, 6) is -1.28. The minimum absolute atomic E-state index is 0.164. The maximum atomic E-state index is 11.5. The molecular formula is C10H17NO4. The van der Waals surface area contributed by atoms with Crippen LogP contribution in [0, 0.1) is 5.92 Å². The smallest absolute Gasteiger partial charge is 0.410 e. The zero-order chi connectivity index (χ0) is 11.4. The van der Waals surface area contributed by atoms with Crippen molar-refractivity contribution in [3.05, 3.63) is 0 Å². The van der Waals surface area contributed by atoms with E-state index in [1.54, 1.807) is 13.8 Å². The molecule has 1 heterocycles. The number of nitrogens with zero attached hydrogens (tertiary/aromatic N) is 1. The molecule has 0 aliphatic carbocycles. The van der Waals surface area contributed by atoms with Gasteiger partial charge in [-0.2, -0.15) is 0 Å². The highest BCUT2D eigenvalue weighted by atomic mass is 16.6. The number of carboxylic acids is 1. The van der Waals surface area contributed by atoms with Gasteiger partial charge >= 0.3 is 12.1 Å². The van der Waals surface area contributed by atoms with Crippen LogP contribution in [0.5, 0.6) is 0 Å². The number of carboxylic acid groups (broad SMARTS) is 1. The first-order valence-electron chi connectivity index (χ1n) is 5.19. The average Bonchev–Trinajstić information content (AvgIpc) is 2.17. The van der Waals surface area contributed by atoms with Gasteiger partial charge in [-0.3, -0.25) is 4.79 Å². The number of piperidine rings is 1. The van der Waals surface area contributed by atoms with Crippen molar-refractivity contribution in [2.75, 3.05) is 13.1 Å². The van der Waals surface area contributed by atoms with Crippen molar-refractivity contribution in [3.8, 4) is 0 Å². The summed E-state index contributed by atoms with van der Waals surface area (Å²) < 4.78 is 5.01. The molecule has 0 aromatic rings. The number of hydrogen-bond donors (Lipinski definition) is 1. The van der Waals surface area contributed by atoms with Gasteiger partial charge in [0.25, 0.3) is 0 Å². The summed E-state index contributed by atoms with van der Waals surface area (Å²) in [6, 6.07) is 0. The summed E-state index contributed by atoms with van der Waals surface area (Å²) in [6.45, 7) is 4.41. The topological polar surface area (TPSA) is 66.8 Å². The van der Waals surface area contributed by atoms with E-state index in [4.69, 9.17) is 9.84 Å². The SMILES string of the molecule is CC(C)OC(=O)N1CCC[C@@H](C(=O)O)C1. The predicted molar refractivity (Wildman–Crippen MR) is 53.5 cm³/mol. The third-order valence-electron chi connectivity index (χ3n) is 2.37. The van der Waals surface area contributed by atoms with Crippen molar-refractivity contribution in [1.82, 2.24) is 4.90 Å².